The summed E-state index contributed by atoms with van der Waals surface area (Å²) in [5.41, 5.74) is 5.30. The number of carbonyl (C=O) groups is 1. The summed E-state index contributed by atoms with van der Waals surface area (Å²) in [4.78, 5) is 13.1. The molecule has 1 saturated heterocycles. The van der Waals surface area contributed by atoms with Gasteiger partial charge in [0.25, 0.3) is 0 Å². The van der Waals surface area contributed by atoms with Crippen molar-refractivity contribution in [1.29, 1.82) is 0 Å². The number of likely N-dealkylation sites (tertiary alicyclic amines) is 1. The van der Waals surface area contributed by atoms with Crippen LogP contribution >= 0.6 is 0 Å². The van der Waals surface area contributed by atoms with Gasteiger partial charge in [-0.05, 0) is 12.8 Å². The average Bonchev–Trinajstić information content (AvgIpc) is 2.20. The second-order valence-corrected chi connectivity index (χ2v) is 3.95. The van der Waals surface area contributed by atoms with E-state index in [0.29, 0.717) is 19.5 Å². The van der Waals surface area contributed by atoms with Crippen LogP contribution in [0.2, 0.25) is 0 Å². The molecule has 0 aromatic heterocycles. The van der Waals surface area contributed by atoms with E-state index in [-0.39, 0.29) is 24.5 Å². The normalized spacial score (nSPS) is 27.8. The topological polar surface area (TPSA) is 66.6 Å². The van der Waals surface area contributed by atoms with Crippen molar-refractivity contribution in [3.63, 3.8) is 0 Å². The first-order valence-electron chi connectivity index (χ1n) is 5.35. The van der Waals surface area contributed by atoms with Crippen LogP contribution < -0.4 is 5.73 Å². The van der Waals surface area contributed by atoms with E-state index in [2.05, 4.69) is 6.92 Å². The summed E-state index contributed by atoms with van der Waals surface area (Å²) >= 11 is 0. The number of amides is 1. The van der Waals surface area contributed by atoms with Gasteiger partial charge in [-0.3, -0.25) is 4.79 Å². The van der Waals surface area contributed by atoms with Gasteiger partial charge in [0.05, 0.1) is 12.6 Å². The summed E-state index contributed by atoms with van der Waals surface area (Å²) < 4.78 is 0. The van der Waals surface area contributed by atoms with E-state index in [1.165, 1.54) is 0 Å². The maximum absolute atomic E-state index is 11.3. The third-order valence-corrected chi connectivity index (χ3v) is 2.88. The SMILES string of the molecule is CCC[C@@H]1CN(C(=O)CN)CC[C@H]1O. The minimum Gasteiger partial charge on any atom is -0.393 e. The molecule has 1 amide bonds. The van der Waals surface area contributed by atoms with Crippen molar-refractivity contribution in [3.8, 4) is 0 Å². The second-order valence-electron chi connectivity index (χ2n) is 3.95. The minimum absolute atomic E-state index is 0.00185. The van der Waals surface area contributed by atoms with Gasteiger partial charge >= 0.3 is 0 Å². The molecule has 1 fully saturated rings. The van der Waals surface area contributed by atoms with Crippen LogP contribution in [0.5, 0.6) is 0 Å². The van der Waals surface area contributed by atoms with Gasteiger partial charge in [0.15, 0.2) is 0 Å². The Kier molecular flexibility index (Phi) is 4.35. The molecule has 4 heteroatoms. The van der Waals surface area contributed by atoms with Crippen LogP contribution in [0.25, 0.3) is 0 Å². The number of carbonyl (C=O) groups excluding carboxylic acids is 1. The summed E-state index contributed by atoms with van der Waals surface area (Å²) in [5, 5.41) is 9.70. The highest BCUT2D eigenvalue weighted by Crippen LogP contribution is 2.21. The predicted molar refractivity (Wildman–Crippen MR) is 54.7 cm³/mol. The molecule has 0 aromatic rings. The van der Waals surface area contributed by atoms with Gasteiger partial charge in [0.2, 0.25) is 5.91 Å². The van der Waals surface area contributed by atoms with Crippen LogP contribution in [0.3, 0.4) is 0 Å². The molecule has 1 rings (SSSR count). The van der Waals surface area contributed by atoms with Crippen molar-refractivity contribution >= 4 is 5.91 Å². The Bertz CT molecular complexity index is 197. The Labute approximate surface area is 85.1 Å². The third-order valence-electron chi connectivity index (χ3n) is 2.88. The quantitative estimate of drug-likeness (QED) is 0.671. The van der Waals surface area contributed by atoms with Gasteiger partial charge in [-0.25, -0.2) is 0 Å². The van der Waals surface area contributed by atoms with Crippen LogP contribution in [-0.2, 0) is 4.79 Å². The lowest BCUT2D eigenvalue weighted by Crippen LogP contribution is -2.47. The fourth-order valence-electron chi connectivity index (χ4n) is 2.03. The van der Waals surface area contributed by atoms with Crippen LogP contribution in [0.15, 0.2) is 0 Å². The maximum Gasteiger partial charge on any atom is 0.236 e. The summed E-state index contributed by atoms with van der Waals surface area (Å²) in [7, 11) is 0. The first kappa shape index (κ1) is 11.5. The van der Waals surface area contributed by atoms with Crippen molar-refractivity contribution in [3.05, 3.63) is 0 Å². The van der Waals surface area contributed by atoms with Crippen molar-refractivity contribution in [2.24, 2.45) is 11.7 Å². The fraction of sp³-hybridized carbons (Fsp3) is 0.900. The largest absolute Gasteiger partial charge is 0.393 e. The van der Waals surface area contributed by atoms with E-state index in [1.54, 1.807) is 4.90 Å². The zero-order valence-electron chi connectivity index (χ0n) is 8.78. The number of aliphatic hydroxyl groups is 1. The molecular weight excluding hydrogens is 180 g/mol. The fourth-order valence-corrected chi connectivity index (χ4v) is 2.03. The van der Waals surface area contributed by atoms with Crippen molar-refractivity contribution in [2.45, 2.75) is 32.3 Å². The first-order valence-corrected chi connectivity index (χ1v) is 5.35. The molecular formula is C10H20N2O2. The zero-order valence-corrected chi connectivity index (χ0v) is 8.78. The van der Waals surface area contributed by atoms with Crippen LogP contribution in [-0.4, -0.2) is 41.7 Å². The molecule has 1 heterocycles. The van der Waals surface area contributed by atoms with Crippen molar-refractivity contribution in [1.82, 2.24) is 4.90 Å². The molecule has 1 aliphatic rings. The van der Waals surface area contributed by atoms with Crippen molar-refractivity contribution < 1.29 is 9.90 Å². The Morgan fingerprint density at radius 2 is 2.36 bits per heavy atom. The van der Waals surface area contributed by atoms with Gasteiger partial charge in [0.1, 0.15) is 0 Å². The van der Waals surface area contributed by atoms with Gasteiger partial charge in [0, 0.05) is 19.0 Å². The Hall–Kier alpha value is -0.610. The van der Waals surface area contributed by atoms with E-state index in [1.807, 2.05) is 0 Å². The molecule has 82 valence electrons. The molecule has 1 aliphatic heterocycles. The highest BCUT2D eigenvalue weighted by atomic mass is 16.3. The highest BCUT2D eigenvalue weighted by Gasteiger charge is 2.28. The molecule has 0 unspecified atom stereocenters. The third kappa shape index (κ3) is 2.69. The standard InChI is InChI=1S/C10H20N2O2/c1-2-3-8-7-12(10(14)6-11)5-4-9(8)13/h8-9,13H,2-7,11H2,1H3/t8-,9-/m1/s1. The number of nitrogens with two attached hydrogens (primary N) is 1. The average molecular weight is 200 g/mol. The lowest BCUT2D eigenvalue weighted by Gasteiger charge is -2.36. The van der Waals surface area contributed by atoms with Gasteiger partial charge in [-0.2, -0.15) is 0 Å². The Balaban J connectivity index is 2.48. The van der Waals surface area contributed by atoms with E-state index < -0.39 is 0 Å². The molecule has 4 nitrogen and oxygen atoms in total. The summed E-state index contributed by atoms with van der Waals surface area (Å²) in [6.07, 6.45) is 2.48. The molecule has 0 spiro atoms. The van der Waals surface area contributed by atoms with E-state index in [4.69, 9.17) is 5.73 Å². The number of aliphatic hydroxyl groups excluding tert-OH is 1. The lowest BCUT2D eigenvalue weighted by molar-refractivity contribution is -0.133. The maximum atomic E-state index is 11.3. The molecule has 0 aromatic carbocycles. The van der Waals surface area contributed by atoms with E-state index in [0.717, 1.165) is 12.8 Å². The molecule has 0 aliphatic carbocycles. The number of hydrogen-bond donors (Lipinski definition) is 2. The predicted octanol–water partition coefficient (Wildman–Crippen LogP) is -0.0454. The number of piperidine rings is 1. The van der Waals surface area contributed by atoms with Gasteiger partial charge in [-0.1, -0.05) is 13.3 Å². The Morgan fingerprint density at radius 1 is 1.64 bits per heavy atom. The number of nitrogens with zero attached hydrogens (tertiary/aromatic N) is 1. The zero-order chi connectivity index (χ0) is 10.6. The van der Waals surface area contributed by atoms with E-state index >= 15 is 0 Å². The van der Waals surface area contributed by atoms with Gasteiger partial charge < -0.3 is 15.7 Å². The summed E-state index contributed by atoms with van der Waals surface area (Å²) in [6, 6.07) is 0. The molecule has 14 heavy (non-hydrogen) atoms. The molecule has 3 N–H and O–H groups in total. The summed E-state index contributed by atoms with van der Waals surface area (Å²) in [5.74, 6) is 0.238. The Morgan fingerprint density at radius 3 is 2.93 bits per heavy atom. The summed E-state index contributed by atoms with van der Waals surface area (Å²) in [6.45, 7) is 3.49. The number of hydrogen-bond acceptors (Lipinski definition) is 3. The highest BCUT2D eigenvalue weighted by molar-refractivity contribution is 5.78. The number of rotatable bonds is 3. The molecule has 0 bridgehead atoms. The van der Waals surface area contributed by atoms with Crippen molar-refractivity contribution in [2.75, 3.05) is 19.6 Å². The molecule has 0 saturated carbocycles. The minimum atomic E-state index is -0.239. The van der Waals surface area contributed by atoms with Gasteiger partial charge in [-0.15, -0.1) is 0 Å². The smallest absolute Gasteiger partial charge is 0.236 e. The molecule has 0 radical (unpaired) electrons. The van der Waals surface area contributed by atoms with Crippen LogP contribution in [0.1, 0.15) is 26.2 Å². The molecule has 2 atom stereocenters. The first-order chi connectivity index (χ1) is 6.69. The monoisotopic (exact) mass is 200 g/mol. The van der Waals surface area contributed by atoms with Crippen LogP contribution in [0, 0.1) is 5.92 Å². The van der Waals surface area contributed by atoms with Crippen LogP contribution in [0.4, 0.5) is 0 Å². The van der Waals surface area contributed by atoms with E-state index in [9.17, 15) is 9.90 Å². The second kappa shape index (κ2) is 5.32. The lowest BCUT2D eigenvalue weighted by atomic mass is 9.91.